The van der Waals surface area contributed by atoms with E-state index >= 15 is 0 Å². The average Bonchev–Trinajstić information content (AvgIpc) is 3.84. The molecular formula is C50H38BN3O. The van der Waals surface area contributed by atoms with Gasteiger partial charge in [-0.25, -0.2) is 0 Å². The van der Waals surface area contributed by atoms with E-state index in [0.29, 0.717) is 0 Å². The Balaban J connectivity index is 1.24. The molecule has 1 fully saturated rings. The number of aromatic nitrogens is 1. The summed E-state index contributed by atoms with van der Waals surface area (Å²) in [5.41, 5.74) is 17.4. The maximum absolute atomic E-state index is 6.66. The van der Waals surface area contributed by atoms with E-state index in [1.165, 1.54) is 97.1 Å². The maximum atomic E-state index is 6.66. The number of fused-ring (bicyclic) bond motifs is 14. The first-order valence-electron chi connectivity index (χ1n) is 19.9. The van der Waals surface area contributed by atoms with Crippen LogP contribution in [0.3, 0.4) is 0 Å². The molecule has 0 bridgehead atoms. The topological polar surface area (TPSA) is 24.6 Å². The van der Waals surface area contributed by atoms with E-state index in [0.717, 1.165) is 28.4 Å². The number of furan rings is 1. The Morgan fingerprint density at radius 2 is 1.31 bits per heavy atom. The molecule has 0 radical (unpaired) electrons. The monoisotopic (exact) mass is 707 g/mol. The second kappa shape index (κ2) is 10.3. The molecular weight excluding hydrogens is 669 g/mol. The fraction of sp³-hybridized carbons (Fsp3) is 0.160. The minimum absolute atomic E-state index is 0.0462. The number of hydrogen-bond donors (Lipinski definition) is 0. The van der Waals surface area contributed by atoms with Crippen LogP contribution in [0.5, 0.6) is 0 Å². The summed E-state index contributed by atoms with van der Waals surface area (Å²) < 4.78 is 9.27. The number of nitrogens with zero attached hydrogens (tertiary/aromatic N) is 3. The van der Waals surface area contributed by atoms with Gasteiger partial charge in [0.1, 0.15) is 11.2 Å². The molecule has 1 aliphatic carbocycles. The fourth-order valence-corrected chi connectivity index (χ4v) is 11.7. The molecule has 2 unspecified atom stereocenters. The molecule has 5 heterocycles. The van der Waals surface area contributed by atoms with Crippen LogP contribution in [0.4, 0.5) is 22.7 Å². The van der Waals surface area contributed by atoms with Gasteiger partial charge in [0.25, 0.3) is 0 Å². The van der Waals surface area contributed by atoms with E-state index in [-0.39, 0.29) is 17.8 Å². The second-order valence-corrected chi connectivity index (χ2v) is 16.7. The Bertz CT molecular complexity index is 3120. The summed E-state index contributed by atoms with van der Waals surface area (Å²) in [4.78, 5) is 5.40. The molecule has 55 heavy (non-hydrogen) atoms. The summed E-state index contributed by atoms with van der Waals surface area (Å²) >= 11 is 0. The summed E-state index contributed by atoms with van der Waals surface area (Å²) in [5.74, 6) is 0. The smallest absolute Gasteiger partial charge is 0.333 e. The van der Waals surface area contributed by atoms with Crippen LogP contribution >= 0.6 is 0 Å². The highest BCUT2D eigenvalue weighted by molar-refractivity contribution is 6.94. The first-order chi connectivity index (χ1) is 27.0. The third-order valence-corrected chi connectivity index (χ3v) is 14.3. The van der Waals surface area contributed by atoms with Gasteiger partial charge in [0.2, 0.25) is 0 Å². The zero-order valence-electron chi connectivity index (χ0n) is 31.0. The third kappa shape index (κ3) is 3.56. The first kappa shape index (κ1) is 30.2. The Labute approximate surface area is 320 Å². The van der Waals surface area contributed by atoms with Crippen molar-refractivity contribution in [1.29, 1.82) is 0 Å². The van der Waals surface area contributed by atoms with Crippen molar-refractivity contribution in [3.63, 3.8) is 0 Å². The van der Waals surface area contributed by atoms with Crippen molar-refractivity contribution < 1.29 is 4.42 Å². The van der Waals surface area contributed by atoms with Crippen molar-refractivity contribution in [3.8, 4) is 16.8 Å². The number of rotatable bonds is 2. The fourth-order valence-electron chi connectivity index (χ4n) is 11.7. The van der Waals surface area contributed by atoms with Crippen LogP contribution < -0.4 is 20.6 Å². The number of anilines is 4. The molecule has 4 nitrogen and oxygen atoms in total. The lowest BCUT2D eigenvalue weighted by Gasteiger charge is -2.51. The van der Waals surface area contributed by atoms with Crippen LogP contribution in [-0.4, -0.2) is 17.0 Å². The van der Waals surface area contributed by atoms with Gasteiger partial charge in [-0.2, -0.15) is 0 Å². The average molecular weight is 708 g/mol. The van der Waals surface area contributed by atoms with Crippen molar-refractivity contribution in [3.05, 3.63) is 151 Å². The van der Waals surface area contributed by atoms with Gasteiger partial charge in [-0.1, -0.05) is 111 Å². The van der Waals surface area contributed by atoms with Crippen molar-refractivity contribution >= 4 is 84.3 Å². The summed E-state index contributed by atoms with van der Waals surface area (Å²) in [7, 11) is 0. The van der Waals surface area contributed by atoms with E-state index in [9.17, 15) is 0 Å². The Hall–Kier alpha value is -6.20. The van der Waals surface area contributed by atoms with Crippen LogP contribution in [0, 0.1) is 0 Å². The van der Waals surface area contributed by atoms with Gasteiger partial charge in [0.05, 0.1) is 22.3 Å². The van der Waals surface area contributed by atoms with Crippen molar-refractivity contribution in [1.82, 2.24) is 4.57 Å². The van der Waals surface area contributed by atoms with E-state index in [1.54, 1.807) is 0 Å². The highest BCUT2D eigenvalue weighted by Crippen LogP contribution is 2.62. The number of hydrogen-bond acceptors (Lipinski definition) is 3. The zero-order chi connectivity index (χ0) is 36.2. The van der Waals surface area contributed by atoms with Gasteiger partial charge in [0, 0.05) is 55.3 Å². The second-order valence-electron chi connectivity index (χ2n) is 16.7. The molecule has 0 amide bonds. The molecule has 0 spiro atoms. The van der Waals surface area contributed by atoms with E-state index < -0.39 is 0 Å². The van der Waals surface area contributed by atoms with Crippen LogP contribution in [0.1, 0.15) is 45.1 Å². The Morgan fingerprint density at radius 1 is 0.582 bits per heavy atom. The minimum Gasteiger partial charge on any atom is -0.456 e. The third-order valence-electron chi connectivity index (χ3n) is 14.3. The largest absolute Gasteiger partial charge is 0.456 e. The normalized spacial score (nSPS) is 20.7. The molecule has 3 aliphatic heterocycles. The molecule has 4 aliphatic rings. The molecule has 9 aromatic rings. The highest BCUT2D eigenvalue weighted by atomic mass is 16.3. The molecule has 5 heteroatoms. The standard InChI is InChI=1S/C50H38BN3O/c1-49-26-14-15-27-50(49,2)53(41-24-12-9-21-37(41)49)43-29-36-32-18-6-11-23-40(32)54(31-16-4-3-5-17-31)51-38-30-45-35(33-19-8-13-25-44(33)55-45)28-42(38)52-39-22-10-7-20-34(39)46(43)48(52)47(36)51/h3-13,16-25,28-30H,14-15,26-27H2,1-2H3. The predicted molar refractivity (Wildman–Crippen MR) is 230 cm³/mol. The molecule has 13 rings (SSSR count). The molecule has 262 valence electrons. The van der Waals surface area contributed by atoms with Crippen molar-refractivity contribution in [2.24, 2.45) is 0 Å². The van der Waals surface area contributed by atoms with E-state index in [2.05, 4.69) is 174 Å². The maximum Gasteiger partial charge on any atom is 0.333 e. The van der Waals surface area contributed by atoms with Crippen LogP contribution in [0.15, 0.2) is 150 Å². The van der Waals surface area contributed by atoms with E-state index in [4.69, 9.17) is 4.42 Å². The zero-order valence-corrected chi connectivity index (χ0v) is 31.0. The molecule has 7 aromatic carbocycles. The predicted octanol–water partition coefficient (Wildman–Crippen LogP) is 11.7. The van der Waals surface area contributed by atoms with Gasteiger partial charge in [0.15, 0.2) is 0 Å². The van der Waals surface area contributed by atoms with Gasteiger partial charge in [-0.15, -0.1) is 0 Å². The number of para-hydroxylation sites is 5. The molecule has 2 atom stereocenters. The van der Waals surface area contributed by atoms with Crippen LogP contribution in [0.25, 0.3) is 60.6 Å². The lowest BCUT2D eigenvalue weighted by Crippen LogP contribution is -2.60. The van der Waals surface area contributed by atoms with E-state index in [1.807, 2.05) is 0 Å². The summed E-state index contributed by atoms with van der Waals surface area (Å²) in [6.45, 7) is 5.04. The van der Waals surface area contributed by atoms with Gasteiger partial charge in [-0.05, 0) is 96.4 Å². The highest BCUT2D eigenvalue weighted by Gasteiger charge is 2.58. The van der Waals surface area contributed by atoms with Crippen molar-refractivity contribution in [2.45, 2.75) is 50.5 Å². The number of benzene rings is 7. The summed E-state index contributed by atoms with van der Waals surface area (Å²) in [6, 6.07) is 54.4. The summed E-state index contributed by atoms with van der Waals surface area (Å²) in [6.07, 6.45) is 4.87. The Morgan fingerprint density at radius 3 is 2.20 bits per heavy atom. The lowest BCUT2D eigenvalue weighted by atomic mass is 9.44. The lowest BCUT2D eigenvalue weighted by molar-refractivity contribution is 0.195. The SMILES string of the molecule is CC12CCCCC1(C)N(c1cc3c4c5c1c1ccccc1n5-c1cc5c(cc1B4N(c1ccccc1)c1ccccc1-3)oc1ccccc15)c1ccccc12. The minimum atomic E-state index is -0.0765. The first-order valence-corrected chi connectivity index (χ1v) is 19.9. The van der Waals surface area contributed by atoms with Gasteiger partial charge < -0.3 is 18.7 Å². The van der Waals surface area contributed by atoms with Gasteiger partial charge in [-0.3, -0.25) is 0 Å². The van der Waals surface area contributed by atoms with Crippen LogP contribution in [0.2, 0.25) is 0 Å². The summed E-state index contributed by atoms with van der Waals surface area (Å²) in [5, 5.41) is 4.96. The quantitative estimate of drug-likeness (QED) is 0.167. The molecule has 0 saturated heterocycles. The van der Waals surface area contributed by atoms with Crippen LogP contribution in [-0.2, 0) is 5.41 Å². The molecule has 0 N–H and O–H groups in total. The Kier molecular flexibility index (Phi) is 5.65. The van der Waals surface area contributed by atoms with Gasteiger partial charge >= 0.3 is 6.85 Å². The molecule has 1 saturated carbocycles. The molecule has 2 aromatic heterocycles. The van der Waals surface area contributed by atoms with Crippen molar-refractivity contribution in [2.75, 3.05) is 9.71 Å².